The van der Waals surface area contributed by atoms with Gasteiger partial charge >= 0.3 is 0 Å². The Labute approximate surface area is 119 Å². The molecular formula is C15H22N2O3. The maximum atomic E-state index is 12.0. The topological polar surface area (TPSA) is 50.8 Å². The third-order valence-corrected chi connectivity index (χ3v) is 3.47. The normalized spacial score (nSPS) is 15.9. The van der Waals surface area contributed by atoms with Crippen LogP contribution in [0.2, 0.25) is 0 Å². The maximum Gasteiger partial charge on any atom is 0.251 e. The van der Waals surface area contributed by atoms with Crippen LogP contribution >= 0.6 is 0 Å². The molecule has 0 radical (unpaired) electrons. The second kappa shape index (κ2) is 7.26. The summed E-state index contributed by atoms with van der Waals surface area (Å²) in [4.78, 5) is 14.3. The third-order valence-electron chi connectivity index (χ3n) is 3.47. The van der Waals surface area contributed by atoms with Gasteiger partial charge in [-0.15, -0.1) is 0 Å². The van der Waals surface area contributed by atoms with Crippen LogP contribution in [0.3, 0.4) is 0 Å². The number of hydrogen-bond donors (Lipinski definition) is 1. The van der Waals surface area contributed by atoms with Crippen LogP contribution in [-0.2, 0) is 4.74 Å². The summed E-state index contributed by atoms with van der Waals surface area (Å²) in [6.07, 6.45) is 0. The van der Waals surface area contributed by atoms with Crippen LogP contribution in [0.4, 0.5) is 0 Å². The van der Waals surface area contributed by atoms with Crippen molar-refractivity contribution in [2.24, 2.45) is 0 Å². The molecule has 1 aromatic rings. The molecule has 0 saturated carbocycles. The van der Waals surface area contributed by atoms with Crippen molar-refractivity contribution in [3.05, 3.63) is 29.3 Å². The minimum atomic E-state index is -0.0380. The van der Waals surface area contributed by atoms with E-state index in [1.165, 1.54) is 0 Å². The number of ether oxygens (including phenoxy) is 2. The third kappa shape index (κ3) is 3.95. The zero-order chi connectivity index (χ0) is 14.4. The molecule has 1 saturated heterocycles. The van der Waals surface area contributed by atoms with Gasteiger partial charge in [-0.3, -0.25) is 9.69 Å². The van der Waals surface area contributed by atoms with Crippen LogP contribution in [-0.4, -0.2) is 57.3 Å². The highest BCUT2D eigenvalue weighted by molar-refractivity contribution is 5.94. The van der Waals surface area contributed by atoms with E-state index in [1.54, 1.807) is 13.2 Å². The van der Waals surface area contributed by atoms with E-state index >= 15 is 0 Å². The summed E-state index contributed by atoms with van der Waals surface area (Å²) in [5.41, 5.74) is 1.64. The molecule has 1 amide bonds. The van der Waals surface area contributed by atoms with Crippen molar-refractivity contribution >= 4 is 5.91 Å². The predicted octanol–water partition coefficient (Wildman–Crippen LogP) is 1.07. The second-order valence-corrected chi connectivity index (χ2v) is 4.89. The van der Waals surface area contributed by atoms with E-state index in [9.17, 15) is 4.79 Å². The number of rotatable bonds is 5. The van der Waals surface area contributed by atoms with Crippen molar-refractivity contribution < 1.29 is 14.3 Å². The van der Waals surface area contributed by atoms with E-state index in [4.69, 9.17) is 9.47 Å². The smallest absolute Gasteiger partial charge is 0.251 e. The standard InChI is InChI=1S/C15H22N2O3/c1-12-11-13(3-4-14(12)19-2)15(18)16-5-6-17-7-9-20-10-8-17/h3-4,11H,5-10H2,1-2H3,(H,16,18). The molecule has 1 heterocycles. The first-order valence-electron chi connectivity index (χ1n) is 6.93. The summed E-state index contributed by atoms with van der Waals surface area (Å²) in [5, 5.41) is 2.95. The number of morpholine rings is 1. The number of nitrogens with zero attached hydrogens (tertiary/aromatic N) is 1. The number of nitrogens with one attached hydrogen (secondary N) is 1. The highest BCUT2D eigenvalue weighted by Crippen LogP contribution is 2.18. The molecule has 20 heavy (non-hydrogen) atoms. The zero-order valence-electron chi connectivity index (χ0n) is 12.1. The van der Waals surface area contributed by atoms with Crippen molar-refractivity contribution in [2.45, 2.75) is 6.92 Å². The Balaban J connectivity index is 1.80. The molecule has 0 atom stereocenters. The average Bonchev–Trinajstić information content (AvgIpc) is 2.48. The Morgan fingerprint density at radius 3 is 2.80 bits per heavy atom. The minimum absolute atomic E-state index is 0.0380. The lowest BCUT2D eigenvalue weighted by Gasteiger charge is -2.26. The maximum absolute atomic E-state index is 12.0. The van der Waals surface area contributed by atoms with Gasteiger partial charge in [-0.25, -0.2) is 0 Å². The lowest BCUT2D eigenvalue weighted by molar-refractivity contribution is 0.0383. The van der Waals surface area contributed by atoms with Gasteiger partial charge in [0.15, 0.2) is 0 Å². The van der Waals surface area contributed by atoms with E-state index in [0.717, 1.165) is 44.2 Å². The number of carbonyl (C=O) groups is 1. The van der Waals surface area contributed by atoms with Crippen molar-refractivity contribution in [1.29, 1.82) is 0 Å². The number of carbonyl (C=O) groups excluding carboxylic acids is 1. The molecule has 1 N–H and O–H groups in total. The first kappa shape index (κ1) is 14.8. The van der Waals surface area contributed by atoms with E-state index in [0.29, 0.717) is 12.1 Å². The van der Waals surface area contributed by atoms with E-state index < -0.39 is 0 Å². The van der Waals surface area contributed by atoms with Crippen LogP contribution in [0.15, 0.2) is 18.2 Å². The largest absolute Gasteiger partial charge is 0.496 e. The summed E-state index contributed by atoms with van der Waals surface area (Å²) in [6.45, 7) is 6.91. The molecule has 0 bridgehead atoms. The Morgan fingerprint density at radius 2 is 2.15 bits per heavy atom. The fourth-order valence-electron chi connectivity index (χ4n) is 2.27. The molecule has 0 unspecified atom stereocenters. The van der Waals surface area contributed by atoms with Gasteiger partial charge in [0.2, 0.25) is 0 Å². The molecule has 1 aliphatic heterocycles. The summed E-state index contributed by atoms with van der Waals surface area (Å²) in [7, 11) is 1.63. The number of amides is 1. The highest BCUT2D eigenvalue weighted by atomic mass is 16.5. The molecule has 0 aliphatic carbocycles. The van der Waals surface area contributed by atoms with Gasteiger partial charge in [-0.2, -0.15) is 0 Å². The van der Waals surface area contributed by atoms with E-state index in [1.807, 2.05) is 19.1 Å². The van der Waals surface area contributed by atoms with Gasteiger partial charge < -0.3 is 14.8 Å². The second-order valence-electron chi connectivity index (χ2n) is 4.89. The summed E-state index contributed by atoms with van der Waals surface area (Å²) in [5.74, 6) is 0.763. The van der Waals surface area contributed by atoms with Crippen molar-refractivity contribution in [2.75, 3.05) is 46.5 Å². The van der Waals surface area contributed by atoms with Crippen molar-refractivity contribution in [3.8, 4) is 5.75 Å². The van der Waals surface area contributed by atoms with Gasteiger partial charge in [0.1, 0.15) is 5.75 Å². The number of aryl methyl sites for hydroxylation is 1. The lowest BCUT2D eigenvalue weighted by Crippen LogP contribution is -2.41. The zero-order valence-corrected chi connectivity index (χ0v) is 12.1. The van der Waals surface area contributed by atoms with E-state index in [-0.39, 0.29) is 5.91 Å². The lowest BCUT2D eigenvalue weighted by atomic mass is 10.1. The Morgan fingerprint density at radius 1 is 1.40 bits per heavy atom. The molecule has 0 spiro atoms. The average molecular weight is 278 g/mol. The minimum Gasteiger partial charge on any atom is -0.496 e. The number of methoxy groups -OCH3 is 1. The summed E-state index contributed by atoms with van der Waals surface area (Å²) in [6, 6.07) is 5.46. The summed E-state index contributed by atoms with van der Waals surface area (Å²) >= 11 is 0. The molecular weight excluding hydrogens is 256 g/mol. The molecule has 2 rings (SSSR count). The fourth-order valence-corrected chi connectivity index (χ4v) is 2.27. The van der Waals surface area contributed by atoms with Gasteiger partial charge in [0.05, 0.1) is 20.3 Å². The van der Waals surface area contributed by atoms with Crippen LogP contribution < -0.4 is 10.1 Å². The van der Waals surface area contributed by atoms with Gasteiger partial charge in [-0.05, 0) is 30.7 Å². The fraction of sp³-hybridized carbons (Fsp3) is 0.533. The van der Waals surface area contributed by atoms with Crippen LogP contribution in [0.1, 0.15) is 15.9 Å². The Bertz CT molecular complexity index is 456. The molecule has 1 fully saturated rings. The molecule has 1 aliphatic rings. The highest BCUT2D eigenvalue weighted by Gasteiger charge is 2.11. The van der Waals surface area contributed by atoms with Gasteiger partial charge in [0, 0.05) is 31.7 Å². The quantitative estimate of drug-likeness (QED) is 0.875. The molecule has 5 heteroatoms. The first-order valence-corrected chi connectivity index (χ1v) is 6.93. The van der Waals surface area contributed by atoms with Gasteiger partial charge in [0.25, 0.3) is 5.91 Å². The first-order chi connectivity index (χ1) is 9.70. The van der Waals surface area contributed by atoms with Crippen LogP contribution in [0.25, 0.3) is 0 Å². The molecule has 110 valence electrons. The monoisotopic (exact) mass is 278 g/mol. The molecule has 1 aromatic carbocycles. The van der Waals surface area contributed by atoms with Crippen molar-refractivity contribution in [1.82, 2.24) is 10.2 Å². The van der Waals surface area contributed by atoms with Gasteiger partial charge in [-0.1, -0.05) is 0 Å². The SMILES string of the molecule is COc1ccc(C(=O)NCCN2CCOCC2)cc1C. The van der Waals surface area contributed by atoms with Crippen LogP contribution in [0.5, 0.6) is 5.75 Å². The van der Waals surface area contributed by atoms with E-state index in [2.05, 4.69) is 10.2 Å². The predicted molar refractivity (Wildman–Crippen MR) is 77.3 cm³/mol. The molecule has 0 aromatic heterocycles. The number of benzene rings is 1. The Hall–Kier alpha value is -1.59. The molecule has 5 nitrogen and oxygen atoms in total. The summed E-state index contributed by atoms with van der Waals surface area (Å²) < 4.78 is 10.5. The Kier molecular flexibility index (Phi) is 5.38. The van der Waals surface area contributed by atoms with Crippen LogP contribution in [0, 0.1) is 6.92 Å². The number of hydrogen-bond acceptors (Lipinski definition) is 4. The van der Waals surface area contributed by atoms with Crippen molar-refractivity contribution in [3.63, 3.8) is 0 Å².